The van der Waals surface area contributed by atoms with E-state index in [1.54, 1.807) is 48.5 Å². The molecule has 0 aliphatic heterocycles. The zero-order chi connectivity index (χ0) is 20.1. The molecule has 0 fully saturated rings. The van der Waals surface area contributed by atoms with Gasteiger partial charge in [-0.15, -0.1) is 0 Å². The minimum Gasteiger partial charge on any atom is -0.457 e. The number of nitrogens with zero attached hydrogens (tertiary/aromatic N) is 3. The molecule has 0 bridgehead atoms. The summed E-state index contributed by atoms with van der Waals surface area (Å²) >= 11 is 0. The number of aliphatic hydroxyl groups is 2. The summed E-state index contributed by atoms with van der Waals surface area (Å²) in [6.45, 7) is -0.550. The molecule has 0 saturated heterocycles. The van der Waals surface area contributed by atoms with Crippen LogP contribution in [0.25, 0.3) is 11.4 Å². The number of amides is 1. The number of aliphatic hydroxyl groups excluding tert-OH is 2. The van der Waals surface area contributed by atoms with Crippen molar-refractivity contribution in [1.82, 2.24) is 9.97 Å². The van der Waals surface area contributed by atoms with Gasteiger partial charge in [0.25, 0.3) is 5.91 Å². The van der Waals surface area contributed by atoms with E-state index in [2.05, 4.69) is 9.97 Å². The van der Waals surface area contributed by atoms with Crippen molar-refractivity contribution >= 4 is 5.91 Å². The Kier molecular flexibility index (Phi) is 5.60. The Morgan fingerprint density at radius 3 is 2.25 bits per heavy atom. The number of carbonyl (C=O) groups is 1. The van der Waals surface area contributed by atoms with Gasteiger partial charge in [0, 0.05) is 5.56 Å². The minimum atomic E-state index is -1.25. The Morgan fingerprint density at radius 1 is 1.11 bits per heavy atom. The zero-order valence-corrected chi connectivity index (χ0v) is 14.6. The minimum absolute atomic E-state index is 0.0644. The monoisotopic (exact) mass is 376 g/mol. The van der Waals surface area contributed by atoms with Crippen LogP contribution in [0.4, 0.5) is 0 Å². The van der Waals surface area contributed by atoms with Crippen molar-refractivity contribution < 1.29 is 19.7 Å². The number of aromatic nitrogens is 2. The van der Waals surface area contributed by atoms with E-state index >= 15 is 0 Å². The molecule has 0 spiro atoms. The lowest BCUT2D eigenvalue weighted by Crippen LogP contribution is -2.16. The molecule has 0 saturated carbocycles. The topological polar surface area (TPSA) is 142 Å². The maximum Gasteiger partial charge on any atom is 0.267 e. The molecule has 0 unspecified atom stereocenters. The molecular weight excluding hydrogens is 360 g/mol. The highest BCUT2D eigenvalue weighted by Crippen LogP contribution is 2.25. The normalized spacial score (nSPS) is 11.5. The van der Waals surface area contributed by atoms with Gasteiger partial charge in [-0.3, -0.25) is 4.79 Å². The quantitative estimate of drug-likeness (QED) is 0.596. The van der Waals surface area contributed by atoms with E-state index in [1.165, 1.54) is 6.07 Å². The first kappa shape index (κ1) is 19.0. The van der Waals surface area contributed by atoms with E-state index in [0.29, 0.717) is 22.6 Å². The summed E-state index contributed by atoms with van der Waals surface area (Å²) in [4.78, 5) is 19.8. The first-order valence-electron chi connectivity index (χ1n) is 8.26. The summed E-state index contributed by atoms with van der Waals surface area (Å²) in [7, 11) is 0. The number of nitrogens with two attached hydrogens (primary N) is 1. The van der Waals surface area contributed by atoms with Crippen LogP contribution in [0, 0.1) is 11.3 Å². The van der Waals surface area contributed by atoms with Crippen LogP contribution in [-0.4, -0.2) is 32.7 Å². The van der Waals surface area contributed by atoms with Gasteiger partial charge >= 0.3 is 0 Å². The highest BCUT2D eigenvalue weighted by Gasteiger charge is 2.15. The van der Waals surface area contributed by atoms with E-state index in [4.69, 9.17) is 20.8 Å². The van der Waals surface area contributed by atoms with Crippen LogP contribution in [0.2, 0.25) is 0 Å². The van der Waals surface area contributed by atoms with Gasteiger partial charge in [-0.1, -0.05) is 0 Å². The van der Waals surface area contributed by atoms with Crippen molar-refractivity contribution in [3.8, 4) is 29.0 Å². The van der Waals surface area contributed by atoms with E-state index in [1.807, 2.05) is 6.07 Å². The van der Waals surface area contributed by atoms with Crippen LogP contribution in [0.5, 0.6) is 11.5 Å². The van der Waals surface area contributed by atoms with Gasteiger partial charge in [0.15, 0.2) is 5.82 Å². The number of hydrogen-bond acceptors (Lipinski definition) is 7. The van der Waals surface area contributed by atoms with E-state index in [-0.39, 0.29) is 17.2 Å². The van der Waals surface area contributed by atoms with Crippen molar-refractivity contribution in [3.63, 3.8) is 0 Å². The molecule has 8 heteroatoms. The molecule has 4 N–H and O–H groups in total. The van der Waals surface area contributed by atoms with Crippen LogP contribution in [0.3, 0.4) is 0 Å². The SMILES string of the molecule is N#Cc1ccc(Oc2ccc(-c3nc(C(N)=O)cc([C@H](O)CO)n3)cc2)cc1. The molecule has 140 valence electrons. The van der Waals surface area contributed by atoms with Crippen molar-refractivity contribution in [2.45, 2.75) is 6.10 Å². The average Bonchev–Trinajstić information content (AvgIpc) is 2.74. The molecule has 0 aliphatic carbocycles. The standard InChI is InChI=1S/C20H16N4O4/c21-10-12-1-5-14(6-2-12)28-15-7-3-13(4-8-15)20-23-16(18(26)11-25)9-17(24-20)19(22)27/h1-9,18,25-26H,11H2,(H2,22,27)/t18-/m1/s1. The van der Waals surface area contributed by atoms with Gasteiger partial charge in [0.1, 0.15) is 23.3 Å². The summed E-state index contributed by atoms with van der Waals surface area (Å²) in [5.74, 6) is 0.543. The first-order valence-corrected chi connectivity index (χ1v) is 8.26. The van der Waals surface area contributed by atoms with Crippen LogP contribution >= 0.6 is 0 Å². The Balaban J connectivity index is 1.87. The molecule has 3 rings (SSSR count). The lowest BCUT2D eigenvalue weighted by atomic mass is 10.1. The fourth-order valence-corrected chi connectivity index (χ4v) is 2.39. The lowest BCUT2D eigenvalue weighted by molar-refractivity contribution is 0.0916. The number of benzene rings is 2. The fraction of sp³-hybridized carbons (Fsp3) is 0.100. The predicted molar refractivity (Wildman–Crippen MR) is 99.3 cm³/mol. The Bertz CT molecular complexity index is 1030. The summed E-state index contributed by atoms with van der Waals surface area (Å²) < 4.78 is 5.71. The number of nitriles is 1. The summed E-state index contributed by atoms with van der Waals surface area (Å²) in [6.07, 6.45) is -1.25. The molecule has 3 aromatic rings. The Hall–Kier alpha value is -3.80. The predicted octanol–water partition coefficient (Wildman–Crippen LogP) is 1.93. The zero-order valence-electron chi connectivity index (χ0n) is 14.6. The van der Waals surface area contributed by atoms with E-state index in [9.17, 15) is 9.90 Å². The Morgan fingerprint density at radius 2 is 1.71 bits per heavy atom. The maximum atomic E-state index is 11.5. The summed E-state index contributed by atoms with van der Waals surface area (Å²) in [5, 5.41) is 27.8. The molecule has 28 heavy (non-hydrogen) atoms. The second-order valence-corrected chi connectivity index (χ2v) is 5.83. The number of rotatable bonds is 6. The third-order valence-corrected chi connectivity index (χ3v) is 3.84. The van der Waals surface area contributed by atoms with Crippen molar-refractivity contribution in [3.05, 3.63) is 71.5 Å². The van der Waals surface area contributed by atoms with Crippen molar-refractivity contribution in [2.75, 3.05) is 6.61 Å². The van der Waals surface area contributed by atoms with Gasteiger partial charge in [-0.2, -0.15) is 5.26 Å². The largest absolute Gasteiger partial charge is 0.457 e. The number of hydrogen-bond donors (Lipinski definition) is 3. The number of primary amides is 1. The summed E-state index contributed by atoms with van der Waals surface area (Å²) in [5.41, 5.74) is 6.43. The number of ether oxygens (including phenoxy) is 1. The van der Waals surface area contributed by atoms with Crippen LogP contribution in [-0.2, 0) is 0 Å². The maximum absolute atomic E-state index is 11.5. The molecule has 2 aromatic carbocycles. The van der Waals surface area contributed by atoms with Crippen LogP contribution in [0.15, 0.2) is 54.6 Å². The Labute approximate surface area is 160 Å². The molecule has 1 heterocycles. The van der Waals surface area contributed by atoms with Gasteiger partial charge in [-0.25, -0.2) is 9.97 Å². The van der Waals surface area contributed by atoms with Gasteiger partial charge in [0.2, 0.25) is 0 Å². The molecule has 0 radical (unpaired) electrons. The van der Waals surface area contributed by atoms with Crippen LogP contribution < -0.4 is 10.5 Å². The molecule has 1 amide bonds. The fourth-order valence-electron chi connectivity index (χ4n) is 2.39. The van der Waals surface area contributed by atoms with Crippen molar-refractivity contribution in [2.24, 2.45) is 5.73 Å². The molecule has 1 atom stereocenters. The number of carbonyl (C=O) groups excluding carboxylic acids is 1. The van der Waals surface area contributed by atoms with E-state index < -0.39 is 18.6 Å². The van der Waals surface area contributed by atoms with Gasteiger partial charge in [-0.05, 0) is 54.6 Å². The lowest BCUT2D eigenvalue weighted by Gasteiger charge is -2.11. The molecule has 8 nitrogen and oxygen atoms in total. The van der Waals surface area contributed by atoms with Crippen molar-refractivity contribution in [1.29, 1.82) is 5.26 Å². The second kappa shape index (κ2) is 8.26. The second-order valence-electron chi connectivity index (χ2n) is 5.83. The third kappa shape index (κ3) is 4.29. The highest BCUT2D eigenvalue weighted by atomic mass is 16.5. The van der Waals surface area contributed by atoms with Crippen LogP contribution in [0.1, 0.15) is 27.8 Å². The molecule has 1 aromatic heterocycles. The van der Waals surface area contributed by atoms with Gasteiger partial charge in [0.05, 0.1) is 23.9 Å². The smallest absolute Gasteiger partial charge is 0.267 e. The van der Waals surface area contributed by atoms with E-state index in [0.717, 1.165) is 0 Å². The first-order chi connectivity index (χ1) is 13.5. The average molecular weight is 376 g/mol. The summed E-state index contributed by atoms with van der Waals surface area (Å²) in [6, 6.07) is 16.7. The third-order valence-electron chi connectivity index (χ3n) is 3.84. The highest BCUT2D eigenvalue weighted by molar-refractivity contribution is 5.91. The molecule has 0 aliphatic rings. The molecular formula is C20H16N4O4. The van der Waals surface area contributed by atoms with Gasteiger partial charge < -0.3 is 20.7 Å².